The van der Waals surface area contributed by atoms with Crippen molar-refractivity contribution in [2.45, 2.75) is 6.92 Å². The Labute approximate surface area is 149 Å². The molecule has 3 rings (SSSR count). The van der Waals surface area contributed by atoms with E-state index in [1.807, 2.05) is 6.92 Å². The maximum atomic E-state index is 12.4. The molecule has 0 saturated carbocycles. The molecule has 130 valence electrons. The number of hydrogen-bond donors (Lipinski definition) is 2. The summed E-state index contributed by atoms with van der Waals surface area (Å²) in [7, 11) is 0. The van der Waals surface area contributed by atoms with Crippen molar-refractivity contribution in [1.82, 2.24) is 9.97 Å². The number of nitrogens with two attached hydrogens (primary N) is 1. The molecule has 1 heterocycles. The van der Waals surface area contributed by atoms with Crippen LogP contribution in [0.4, 0.5) is 5.69 Å². The number of hydrogen-bond acceptors (Lipinski definition) is 5. The van der Waals surface area contributed by atoms with Gasteiger partial charge in [-0.1, -0.05) is 6.07 Å². The molecule has 0 aliphatic carbocycles. The minimum absolute atomic E-state index is 0.213. The topological polar surface area (TPSA) is 107 Å². The zero-order chi connectivity index (χ0) is 18.5. The smallest absolute Gasteiger partial charge is 0.322 e. The van der Waals surface area contributed by atoms with Crippen molar-refractivity contribution in [3.05, 3.63) is 77.6 Å². The Morgan fingerprint density at radius 2 is 1.81 bits per heavy atom. The van der Waals surface area contributed by atoms with Gasteiger partial charge in [-0.2, -0.15) is 0 Å². The standard InChI is InChI=1S/C19H16N4O3/c1-12-9-10-21-19(22-12)26-16-4-2-3-14(11-16)18(25)23-15-7-5-13(6-8-15)17(20)24/h2-11H,1H3,(H2,20,24)(H,23,25). The van der Waals surface area contributed by atoms with Gasteiger partial charge in [0.25, 0.3) is 5.91 Å². The lowest BCUT2D eigenvalue weighted by Gasteiger charge is -2.08. The summed E-state index contributed by atoms with van der Waals surface area (Å²) in [6.07, 6.45) is 1.60. The minimum Gasteiger partial charge on any atom is -0.424 e. The molecule has 7 nitrogen and oxygen atoms in total. The van der Waals surface area contributed by atoms with Crippen LogP contribution in [0.1, 0.15) is 26.4 Å². The summed E-state index contributed by atoms with van der Waals surface area (Å²) in [6, 6.07) is 15.0. The number of nitrogens with zero attached hydrogens (tertiary/aromatic N) is 2. The van der Waals surface area contributed by atoms with Crippen LogP contribution in [0.2, 0.25) is 0 Å². The van der Waals surface area contributed by atoms with Gasteiger partial charge in [0.2, 0.25) is 5.91 Å². The van der Waals surface area contributed by atoms with E-state index in [4.69, 9.17) is 10.5 Å². The van der Waals surface area contributed by atoms with Gasteiger partial charge in [0.05, 0.1) is 0 Å². The lowest BCUT2D eigenvalue weighted by Crippen LogP contribution is -2.13. The molecule has 2 aromatic carbocycles. The number of anilines is 1. The summed E-state index contributed by atoms with van der Waals surface area (Å²) in [4.78, 5) is 31.7. The minimum atomic E-state index is -0.522. The molecule has 0 saturated heterocycles. The number of rotatable bonds is 5. The van der Waals surface area contributed by atoms with E-state index in [-0.39, 0.29) is 11.9 Å². The van der Waals surface area contributed by atoms with Crippen LogP contribution in [0.3, 0.4) is 0 Å². The number of aromatic nitrogens is 2. The summed E-state index contributed by atoms with van der Waals surface area (Å²) in [5.41, 5.74) is 7.31. The third-order valence-corrected chi connectivity index (χ3v) is 3.51. The molecule has 0 aliphatic heterocycles. The van der Waals surface area contributed by atoms with Crippen LogP contribution < -0.4 is 15.8 Å². The van der Waals surface area contributed by atoms with Crippen molar-refractivity contribution in [1.29, 1.82) is 0 Å². The first kappa shape index (κ1) is 17.1. The number of nitrogens with one attached hydrogen (secondary N) is 1. The van der Waals surface area contributed by atoms with Gasteiger partial charge in [-0.25, -0.2) is 9.97 Å². The number of aryl methyl sites for hydroxylation is 1. The second-order valence-electron chi connectivity index (χ2n) is 5.51. The van der Waals surface area contributed by atoms with Gasteiger partial charge in [-0.3, -0.25) is 9.59 Å². The highest BCUT2D eigenvalue weighted by Crippen LogP contribution is 2.20. The molecule has 0 atom stereocenters. The molecule has 0 aliphatic rings. The normalized spacial score (nSPS) is 10.2. The molecule has 0 fully saturated rings. The fourth-order valence-corrected chi connectivity index (χ4v) is 2.20. The van der Waals surface area contributed by atoms with E-state index in [1.165, 1.54) is 0 Å². The highest BCUT2D eigenvalue weighted by atomic mass is 16.5. The van der Waals surface area contributed by atoms with Crippen molar-refractivity contribution in [3.63, 3.8) is 0 Å². The first-order valence-corrected chi connectivity index (χ1v) is 7.80. The summed E-state index contributed by atoms with van der Waals surface area (Å²) >= 11 is 0. The second kappa shape index (κ2) is 7.43. The van der Waals surface area contributed by atoms with Crippen LogP contribution in [0.5, 0.6) is 11.8 Å². The van der Waals surface area contributed by atoms with Crippen molar-refractivity contribution in [3.8, 4) is 11.8 Å². The van der Waals surface area contributed by atoms with Gasteiger partial charge >= 0.3 is 6.01 Å². The van der Waals surface area contributed by atoms with E-state index in [0.29, 0.717) is 22.6 Å². The fraction of sp³-hybridized carbons (Fsp3) is 0.0526. The van der Waals surface area contributed by atoms with Crippen LogP contribution in [0.25, 0.3) is 0 Å². The van der Waals surface area contributed by atoms with Gasteiger partial charge in [0.1, 0.15) is 5.75 Å². The first-order valence-electron chi connectivity index (χ1n) is 7.80. The first-order chi connectivity index (χ1) is 12.5. The molecule has 0 unspecified atom stereocenters. The Balaban J connectivity index is 1.72. The van der Waals surface area contributed by atoms with Crippen LogP contribution >= 0.6 is 0 Å². The number of ether oxygens (including phenoxy) is 1. The average molecular weight is 348 g/mol. The predicted molar refractivity (Wildman–Crippen MR) is 96.2 cm³/mol. The third-order valence-electron chi connectivity index (χ3n) is 3.51. The van der Waals surface area contributed by atoms with Crippen molar-refractivity contribution in [2.75, 3.05) is 5.32 Å². The summed E-state index contributed by atoms with van der Waals surface area (Å²) in [5.74, 6) is -0.383. The van der Waals surface area contributed by atoms with Gasteiger partial charge in [0, 0.05) is 28.7 Å². The molecular weight excluding hydrogens is 332 g/mol. The van der Waals surface area contributed by atoms with E-state index in [9.17, 15) is 9.59 Å². The van der Waals surface area contributed by atoms with E-state index >= 15 is 0 Å². The van der Waals surface area contributed by atoms with Crippen LogP contribution in [0, 0.1) is 6.92 Å². The zero-order valence-electron chi connectivity index (χ0n) is 14.0. The Morgan fingerprint density at radius 3 is 2.50 bits per heavy atom. The zero-order valence-corrected chi connectivity index (χ0v) is 14.0. The molecule has 0 radical (unpaired) electrons. The maximum Gasteiger partial charge on any atom is 0.322 e. The highest BCUT2D eigenvalue weighted by molar-refractivity contribution is 6.04. The quantitative estimate of drug-likeness (QED) is 0.737. The van der Waals surface area contributed by atoms with Gasteiger partial charge < -0.3 is 15.8 Å². The number of primary amides is 1. The average Bonchev–Trinajstić information content (AvgIpc) is 2.62. The van der Waals surface area contributed by atoms with Crippen LogP contribution in [-0.2, 0) is 0 Å². The third kappa shape index (κ3) is 4.21. The molecule has 26 heavy (non-hydrogen) atoms. The van der Waals surface area contributed by atoms with Crippen molar-refractivity contribution < 1.29 is 14.3 Å². The Bertz CT molecular complexity index is 955. The number of carbonyl (C=O) groups excluding carboxylic acids is 2. The van der Waals surface area contributed by atoms with Crippen LogP contribution in [-0.4, -0.2) is 21.8 Å². The van der Waals surface area contributed by atoms with Crippen LogP contribution in [0.15, 0.2) is 60.8 Å². The second-order valence-corrected chi connectivity index (χ2v) is 5.51. The monoisotopic (exact) mass is 348 g/mol. The highest BCUT2D eigenvalue weighted by Gasteiger charge is 2.09. The summed E-state index contributed by atoms with van der Waals surface area (Å²) in [6.45, 7) is 1.84. The Kier molecular flexibility index (Phi) is 4.89. The van der Waals surface area contributed by atoms with Crippen molar-refractivity contribution in [2.24, 2.45) is 5.73 Å². The summed E-state index contributed by atoms with van der Waals surface area (Å²) < 4.78 is 5.59. The Morgan fingerprint density at radius 1 is 1.04 bits per heavy atom. The lowest BCUT2D eigenvalue weighted by atomic mass is 10.1. The lowest BCUT2D eigenvalue weighted by molar-refractivity contribution is 0.0998. The molecule has 2 amide bonds. The number of carbonyl (C=O) groups is 2. The summed E-state index contributed by atoms with van der Waals surface area (Å²) in [5, 5.41) is 2.75. The van der Waals surface area contributed by atoms with Gasteiger partial charge in [-0.15, -0.1) is 0 Å². The molecule has 0 bridgehead atoms. The maximum absolute atomic E-state index is 12.4. The molecule has 3 aromatic rings. The molecule has 1 aromatic heterocycles. The molecule has 7 heteroatoms. The van der Waals surface area contributed by atoms with E-state index in [1.54, 1.807) is 60.8 Å². The molecule has 3 N–H and O–H groups in total. The predicted octanol–water partition coefficient (Wildman–Crippen LogP) is 2.93. The van der Waals surface area contributed by atoms with E-state index in [2.05, 4.69) is 15.3 Å². The largest absolute Gasteiger partial charge is 0.424 e. The van der Waals surface area contributed by atoms with E-state index < -0.39 is 5.91 Å². The fourth-order valence-electron chi connectivity index (χ4n) is 2.20. The SMILES string of the molecule is Cc1ccnc(Oc2cccc(C(=O)Nc3ccc(C(N)=O)cc3)c2)n1. The van der Waals surface area contributed by atoms with E-state index in [0.717, 1.165) is 5.69 Å². The van der Waals surface area contributed by atoms with Gasteiger partial charge in [-0.05, 0) is 55.5 Å². The Hall–Kier alpha value is -3.74. The van der Waals surface area contributed by atoms with Crippen molar-refractivity contribution >= 4 is 17.5 Å². The molecular formula is C19H16N4O3. The number of benzene rings is 2. The molecule has 0 spiro atoms. The van der Waals surface area contributed by atoms with Gasteiger partial charge in [0.15, 0.2) is 0 Å². The number of amides is 2.